The first-order valence-electron chi connectivity index (χ1n) is 2.21. The molecule has 0 saturated heterocycles. The molecule has 0 aliphatic rings. The number of halogens is 1. The van der Waals surface area contributed by atoms with Crippen LogP contribution in [0, 0.1) is 24.9 Å². The van der Waals surface area contributed by atoms with Crippen LogP contribution in [0.25, 0.3) is 0 Å². The second-order valence-corrected chi connectivity index (χ2v) is 1.44. The van der Waals surface area contributed by atoms with E-state index in [1.165, 1.54) is 0 Å². The van der Waals surface area contributed by atoms with Crippen molar-refractivity contribution < 1.29 is 4.39 Å². The van der Waals surface area contributed by atoms with Gasteiger partial charge in [0.1, 0.15) is 0 Å². The molecule has 0 aliphatic heterocycles. The third-order valence-corrected chi connectivity index (χ3v) is 0.734. The Morgan fingerprint density at radius 2 is 2.38 bits per heavy atom. The highest BCUT2D eigenvalue weighted by molar-refractivity contribution is 4.91. The summed E-state index contributed by atoms with van der Waals surface area (Å²) in [5.74, 6) is -0.462. The van der Waals surface area contributed by atoms with Crippen molar-refractivity contribution in [3.8, 4) is 0 Å². The molecule has 0 spiro atoms. The minimum atomic E-state index is -0.462. The van der Waals surface area contributed by atoms with E-state index in [-0.39, 0.29) is 0 Å². The van der Waals surface area contributed by atoms with Gasteiger partial charge in [-0.1, -0.05) is 0 Å². The van der Waals surface area contributed by atoms with Crippen LogP contribution in [-0.4, -0.2) is 4.98 Å². The molecular formula is C6H4FN. The fourth-order valence-electron chi connectivity index (χ4n) is 0.368. The molecule has 40 valence electrons. The predicted octanol–water partition coefficient (Wildman–Crippen LogP) is 1.13. The molecule has 0 amide bonds. The van der Waals surface area contributed by atoms with Crippen molar-refractivity contribution in [1.29, 1.82) is 0 Å². The zero-order valence-electron chi connectivity index (χ0n) is 4.40. The van der Waals surface area contributed by atoms with Gasteiger partial charge in [0, 0.05) is 0 Å². The van der Waals surface area contributed by atoms with E-state index in [9.17, 15) is 4.39 Å². The van der Waals surface area contributed by atoms with Crippen molar-refractivity contribution in [2.45, 2.75) is 6.92 Å². The largest absolute Gasteiger partial charge is 0.249 e. The summed E-state index contributed by atoms with van der Waals surface area (Å²) in [4.78, 5) is 3.62. The molecular weight excluding hydrogens is 105 g/mol. The molecule has 2 heteroatoms. The summed E-state index contributed by atoms with van der Waals surface area (Å²) in [6.45, 7) is 1.73. The van der Waals surface area contributed by atoms with Gasteiger partial charge < -0.3 is 0 Å². The van der Waals surface area contributed by atoms with Crippen LogP contribution in [0.5, 0.6) is 0 Å². The fourth-order valence-corrected chi connectivity index (χ4v) is 0.368. The number of hydrogen-bond acceptors (Lipinski definition) is 1. The molecule has 0 aromatic carbocycles. The highest BCUT2D eigenvalue weighted by atomic mass is 19.1. The normalized spacial score (nSPS) is 8.25. The Morgan fingerprint density at radius 3 is 2.75 bits per heavy atom. The van der Waals surface area contributed by atoms with Gasteiger partial charge >= 0.3 is 0 Å². The van der Waals surface area contributed by atoms with E-state index in [0.29, 0.717) is 5.69 Å². The lowest BCUT2D eigenvalue weighted by Gasteiger charge is -1.79. The number of aromatic nitrogens is 1. The molecule has 0 bridgehead atoms. The SMILES string of the molecule is Cc1c#cc(F)cn1. The van der Waals surface area contributed by atoms with Crippen LogP contribution < -0.4 is 0 Å². The van der Waals surface area contributed by atoms with Crippen molar-refractivity contribution in [1.82, 2.24) is 4.98 Å². The molecule has 0 unspecified atom stereocenters. The van der Waals surface area contributed by atoms with Gasteiger partial charge in [0.2, 0.25) is 0 Å². The van der Waals surface area contributed by atoms with Gasteiger partial charge in [-0.3, -0.25) is 0 Å². The first-order valence-corrected chi connectivity index (χ1v) is 2.21. The smallest absolute Gasteiger partial charge is 0.191 e. The quantitative estimate of drug-likeness (QED) is 0.486. The van der Waals surface area contributed by atoms with E-state index in [1.807, 2.05) is 0 Å². The van der Waals surface area contributed by atoms with Crippen molar-refractivity contribution in [2.75, 3.05) is 0 Å². The van der Waals surface area contributed by atoms with Gasteiger partial charge in [0.05, 0.1) is 11.9 Å². The maximum atomic E-state index is 11.9. The van der Waals surface area contributed by atoms with Gasteiger partial charge in [0.25, 0.3) is 0 Å². The average molecular weight is 109 g/mol. The molecule has 1 rings (SSSR count). The second kappa shape index (κ2) is 1.79. The van der Waals surface area contributed by atoms with Crippen LogP contribution in [0.15, 0.2) is 6.20 Å². The third-order valence-electron chi connectivity index (χ3n) is 0.734. The number of hydrogen-bond donors (Lipinski definition) is 0. The fraction of sp³-hybridized carbons (Fsp3) is 0.167. The second-order valence-electron chi connectivity index (χ2n) is 1.44. The summed E-state index contributed by atoms with van der Waals surface area (Å²) in [5.41, 5.74) is 0.659. The Hall–Kier alpha value is -1.10. The van der Waals surface area contributed by atoms with E-state index < -0.39 is 5.82 Å². The molecule has 8 heavy (non-hydrogen) atoms. The van der Waals surface area contributed by atoms with Gasteiger partial charge in [-0.15, -0.1) is 0 Å². The number of nitrogens with zero attached hydrogens (tertiary/aromatic N) is 1. The first-order chi connectivity index (χ1) is 3.79. The average Bonchev–Trinajstić information content (AvgIpc) is 1.77. The highest BCUT2D eigenvalue weighted by Crippen LogP contribution is 1.86. The van der Waals surface area contributed by atoms with E-state index in [1.54, 1.807) is 6.92 Å². The Kier molecular flexibility index (Phi) is 1.13. The Balaban J connectivity index is 3.03. The van der Waals surface area contributed by atoms with E-state index in [0.717, 1.165) is 6.20 Å². The zero-order valence-corrected chi connectivity index (χ0v) is 4.40. The summed E-state index contributed by atoms with van der Waals surface area (Å²) in [6, 6.07) is 4.73. The topological polar surface area (TPSA) is 12.9 Å². The maximum absolute atomic E-state index is 11.9. The van der Waals surface area contributed by atoms with Crippen LogP contribution in [0.4, 0.5) is 4.39 Å². The first kappa shape index (κ1) is 5.04. The van der Waals surface area contributed by atoms with Crippen molar-refractivity contribution in [3.63, 3.8) is 0 Å². The monoisotopic (exact) mass is 109 g/mol. The van der Waals surface area contributed by atoms with E-state index >= 15 is 0 Å². The van der Waals surface area contributed by atoms with Crippen LogP contribution in [0.3, 0.4) is 0 Å². The van der Waals surface area contributed by atoms with E-state index in [2.05, 4.69) is 17.1 Å². The minimum absolute atomic E-state index is 0.462. The lowest BCUT2D eigenvalue weighted by molar-refractivity contribution is 0.621. The minimum Gasteiger partial charge on any atom is -0.249 e. The highest BCUT2D eigenvalue weighted by Gasteiger charge is 1.82. The molecule has 0 atom stereocenters. The summed E-state index contributed by atoms with van der Waals surface area (Å²) >= 11 is 0. The summed E-state index contributed by atoms with van der Waals surface area (Å²) < 4.78 is 11.9. The van der Waals surface area contributed by atoms with E-state index in [4.69, 9.17) is 0 Å². The predicted molar refractivity (Wildman–Crippen MR) is 26.6 cm³/mol. The summed E-state index contributed by atoms with van der Waals surface area (Å²) in [6.07, 6.45) is 1.12. The Morgan fingerprint density at radius 1 is 1.62 bits per heavy atom. The Bertz CT molecular complexity index is 147. The van der Waals surface area contributed by atoms with Crippen LogP contribution in [0.1, 0.15) is 5.69 Å². The standard InChI is InChI=1S/C6H4FN/c1-5-2-3-6(7)4-8-5/h4H,1H3. The van der Waals surface area contributed by atoms with Crippen LogP contribution >= 0.6 is 0 Å². The molecule has 1 nitrogen and oxygen atoms in total. The zero-order chi connectivity index (χ0) is 5.98. The van der Waals surface area contributed by atoms with Gasteiger partial charge in [-0.2, -0.15) is 4.39 Å². The lowest BCUT2D eigenvalue weighted by Crippen LogP contribution is -1.76. The summed E-state index contributed by atoms with van der Waals surface area (Å²) in [5, 5.41) is 0. The van der Waals surface area contributed by atoms with Crippen LogP contribution in [-0.2, 0) is 0 Å². The third kappa shape index (κ3) is 0.941. The molecule has 0 saturated carbocycles. The molecule has 0 N–H and O–H groups in total. The molecule has 0 fully saturated rings. The molecule has 1 aromatic heterocycles. The van der Waals surface area contributed by atoms with Crippen molar-refractivity contribution >= 4 is 0 Å². The van der Waals surface area contributed by atoms with Crippen molar-refractivity contribution in [2.24, 2.45) is 0 Å². The Labute approximate surface area is 47.2 Å². The maximum Gasteiger partial charge on any atom is 0.191 e. The lowest BCUT2D eigenvalue weighted by atomic mass is 10.5. The van der Waals surface area contributed by atoms with Gasteiger partial charge in [0.15, 0.2) is 5.82 Å². The van der Waals surface area contributed by atoms with Crippen LogP contribution in [0.2, 0.25) is 0 Å². The summed E-state index contributed by atoms with van der Waals surface area (Å²) in [7, 11) is 0. The molecule has 1 heterocycles. The number of rotatable bonds is 0. The molecule has 1 aromatic rings. The van der Waals surface area contributed by atoms with Gasteiger partial charge in [-0.05, 0) is 19.1 Å². The number of aryl methyl sites for hydroxylation is 1. The molecule has 0 aliphatic carbocycles. The van der Waals surface area contributed by atoms with Gasteiger partial charge in [-0.25, -0.2) is 4.98 Å². The van der Waals surface area contributed by atoms with Crippen molar-refractivity contribution in [3.05, 3.63) is 29.8 Å². The molecule has 0 radical (unpaired) electrons.